The molecule has 1 aromatic carbocycles. The van der Waals surface area contributed by atoms with E-state index in [1.165, 1.54) is 4.90 Å². The van der Waals surface area contributed by atoms with Gasteiger partial charge in [0.2, 0.25) is 5.91 Å². The molecule has 7 nitrogen and oxygen atoms in total. The third-order valence-corrected chi connectivity index (χ3v) is 7.93. The number of benzene rings is 1. The third kappa shape index (κ3) is 3.99. The SMILES string of the molecule is Cc1cc(C)cc(N2C(=O)N(CC(=O)N3CCCCCC3)[C@@H]3CS(=O)(=O)C[C@@H]32)c1. The van der Waals surface area contributed by atoms with E-state index < -0.39 is 21.9 Å². The number of sulfone groups is 1. The topological polar surface area (TPSA) is 78.0 Å². The van der Waals surface area contributed by atoms with Gasteiger partial charge in [-0.25, -0.2) is 13.2 Å². The third-order valence-electron chi connectivity index (χ3n) is 6.23. The highest BCUT2D eigenvalue weighted by molar-refractivity contribution is 7.91. The molecule has 0 radical (unpaired) electrons. The number of rotatable bonds is 3. The van der Waals surface area contributed by atoms with Crippen molar-refractivity contribution in [3.8, 4) is 0 Å². The molecular formula is C21H29N3O4S. The Morgan fingerprint density at radius 3 is 2.17 bits per heavy atom. The van der Waals surface area contributed by atoms with Gasteiger partial charge in [0, 0.05) is 18.8 Å². The Hall–Kier alpha value is -2.09. The molecular weight excluding hydrogens is 390 g/mol. The van der Waals surface area contributed by atoms with Gasteiger partial charge in [0.15, 0.2) is 9.84 Å². The number of likely N-dealkylation sites (tertiary alicyclic amines) is 1. The van der Waals surface area contributed by atoms with Gasteiger partial charge in [-0.15, -0.1) is 0 Å². The van der Waals surface area contributed by atoms with Gasteiger partial charge >= 0.3 is 6.03 Å². The first kappa shape index (κ1) is 20.2. The number of amides is 3. The first-order chi connectivity index (χ1) is 13.7. The number of urea groups is 1. The van der Waals surface area contributed by atoms with E-state index in [2.05, 4.69) is 0 Å². The summed E-state index contributed by atoms with van der Waals surface area (Å²) in [6.07, 6.45) is 4.20. The number of anilines is 1. The largest absolute Gasteiger partial charge is 0.341 e. The van der Waals surface area contributed by atoms with E-state index in [4.69, 9.17) is 0 Å². The van der Waals surface area contributed by atoms with Crippen LogP contribution >= 0.6 is 0 Å². The molecule has 3 heterocycles. The van der Waals surface area contributed by atoms with Gasteiger partial charge in [-0.2, -0.15) is 0 Å². The smallest absolute Gasteiger partial charge is 0.325 e. The summed E-state index contributed by atoms with van der Waals surface area (Å²) in [5.41, 5.74) is 2.75. The van der Waals surface area contributed by atoms with Crippen LogP contribution in [0.25, 0.3) is 0 Å². The standard InChI is InChI=1S/C21H29N3O4S/c1-15-9-16(2)11-17(10-15)24-19-14-29(27,28)13-18(19)23(21(24)26)12-20(25)22-7-5-3-4-6-8-22/h9-11,18-19H,3-8,12-14H2,1-2H3/t18-,19+/m1/s1. The molecule has 8 heteroatoms. The fourth-order valence-electron chi connectivity index (χ4n) is 4.92. The van der Waals surface area contributed by atoms with Crippen molar-refractivity contribution < 1.29 is 18.0 Å². The molecule has 0 spiro atoms. The zero-order chi connectivity index (χ0) is 20.8. The van der Waals surface area contributed by atoms with Crippen molar-refractivity contribution in [3.63, 3.8) is 0 Å². The van der Waals surface area contributed by atoms with Crippen LogP contribution in [0.4, 0.5) is 10.5 Å². The Balaban J connectivity index is 1.62. The Morgan fingerprint density at radius 1 is 0.966 bits per heavy atom. The molecule has 3 saturated heterocycles. The van der Waals surface area contributed by atoms with Gasteiger partial charge in [-0.1, -0.05) is 18.9 Å². The Kier molecular flexibility index (Phi) is 5.31. The van der Waals surface area contributed by atoms with Crippen molar-refractivity contribution in [1.82, 2.24) is 9.80 Å². The van der Waals surface area contributed by atoms with E-state index in [1.54, 1.807) is 4.90 Å². The molecule has 3 amide bonds. The van der Waals surface area contributed by atoms with Crippen molar-refractivity contribution in [2.45, 2.75) is 51.6 Å². The minimum Gasteiger partial charge on any atom is -0.341 e. The second-order valence-corrected chi connectivity index (χ2v) is 10.8. The van der Waals surface area contributed by atoms with Gasteiger partial charge in [-0.05, 0) is 49.9 Å². The highest BCUT2D eigenvalue weighted by Crippen LogP contribution is 2.35. The highest BCUT2D eigenvalue weighted by Gasteiger charge is 2.54. The lowest BCUT2D eigenvalue weighted by molar-refractivity contribution is -0.131. The molecule has 158 valence electrons. The number of carbonyl (C=O) groups is 2. The fraction of sp³-hybridized carbons (Fsp3) is 0.619. The average molecular weight is 420 g/mol. The molecule has 29 heavy (non-hydrogen) atoms. The van der Waals surface area contributed by atoms with E-state index in [-0.39, 0.29) is 30.0 Å². The normalized spacial score (nSPS) is 26.6. The van der Waals surface area contributed by atoms with Gasteiger partial charge in [0.25, 0.3) is 0 Å². The number of carbonyl (C=O) groups excluding carboxylic acids is 2. The van der Waals surface area contributed by atoms with Crippen LogP contribution in [0.1, 0.15) is 36.8 Å². The lowest BCUT2D eigenvalue weighted by Crippen LogP contribution is -2.46. The van der Waals surface area contributed by atoms with Crippen LogP contribution in [-0.4, -0.2) is 73.4 Å². The van der Waals surface area contributed by atoms with Crippen LogP contribution < -0.4 is 4.90 Å². The number of hydrogen-bond donors (Lipinski definition) is 0. The maximum atomic E-state index is 13.3. The molecule has 0 aliphatic carbocycles. The van der Waals surface area contributed by atoms with Crippen LogP contribution in [0.5, 0.6) is 0 Å². The van der Waals surface area contributed by atoms with Crippen LogP contribution in [0.2, 0.25) is 0 Å². The van der Waals surface area contributed by atoms with Crippen LogP contribution in [-0.2, 0) is 14.6 Å². The quantitative estimate of drug-likeness (QED) is 0.703. The summed E-state index contributed by atoms with van der Waals surface area (Å²) >= 11 is 0. The van der Waals surface area contributed by atoms with Crippen LogP contribution in [0.15, 0.2) is 18.2 Å². The predicted octanol–water partition coefficient (Wildman–Crippen LogP) is 2.11. The predicted molar refractivity (Wildman–Crippen MR) is 112 cm³/mol. The number of fused-ring (bicyclic) bond motifs is 1. The van der Waals surface area contributed by atoms with E-state index in [0.29, 0.717) is 18.8 Å². The van der Waals surface area contributed by atoms with Crippen LogP contribution in [0.3, 0.4) is 0 Å². The van der Waals surface area contributed by atoms with Gasteiger partial charge in [0.1, 0.15) is 6.54 Å². The minimum absolute atomic E-state index is 0.0448. The summed E-state index contributed by atoms with van der Waals surface area (Å²) < 4.78 is 24.8. The molecule has 3 aliphatic rings. The molecule has 2 atom stereocenters. The maximum Gasteiger partial charge on any atom is 0.325 e. The molecule has 0 aromatic heterocycles. The second kappa shape index (κ2) is 7.63. The monoisotopic (exact) mass is 419 g/mol. The first-order valence-electron chi connectivity index (χ1n) is 10.4. The molecule has 1 aromatic rings. The summed E-state index contributed by atoms with van der Waals surface area (Å²) in [7, 11) is -3.25. The van der Waals surface area contributed by atoms with Crippen molar-refractivity contribution in [2.75, 3.05) is 36.0 Å². The summed E-state index contributed by atoms with van der Waals surface area (Å²) in [6, 6.07) is 4.67. The fourth-order valence-corrected chi connectivity index (χ4v) is 6.87. The van der Waals surface area contributed by atoms with Gasteiger partial charge < -0.3 is 9.80 Å². The van der Waals surface area contributed by atoms with Crippen molar-refractivity contribution >= 4 is 27.5 Å². The Bertz CT molecular complexity index is 902. The van der Waals surface area contributed by atoms with Gasteiger partial charge in [-0.3, -0.25) is 9.69 Å². The molecule has 0 unspecified atom stereocenters. The second-order valence-electron chi connectivity index (χ2n) is 8.63. The molecule has 0 saturated carbocycles. The summed E-state index contributed by atoms with van der Waals surface area (Å²) in [6.45, 7) is 5.31. The van der Waals surface area contributed by atoms with Crippen molar-refractivity contribution in [1.29, 1.82) is 0 Å². The lowest BCUT2D eigenvalue weighted by atomic mass is 10.1. The van der Waals surface area contributed by atoms with Crippen molar-refractivity contribution in [2.24, 2.45) is 0 Å². The molecule has 0 N–H and O–H groups in total. The summed E-state index contributed by atoms with van der Waals surface area (Å²) in [4.78, 5) is 31.2. The molecule has 0 bridgehead atoms. The summed E-state index contributed by atoms with van der Waals surface area (Å²) in [5, 5.41) is 0. The Morgan fingerprint density at radius 2 is 1.55 bits per heavy atom. The van der Waals surface area contributed by atoms with Crippen molar-refractivity contribution in [3.05, 3.63) is 29.3 Å². The minimum atomic E-state index is -3.25. The number of aryl methyl sites for hydroxylation is 2. The zero-order valence-corrected chi connectivity index (χ0v) is 18.0. The summed E-state index contributed by atoms with van der Waals surface area (Å²) in [5.74, 6) is -0.200. The zero-order valence-electron chi connectivity index (χ0n) is 17.1. The molecule has 3 aliphatic heterocycles. The maximum absolute atomic E-state index is 13.3. The van der Waals surface area contributed by atoms with E-state index in [1.807, 2.05) is 36.9 Å². The lowest BCUT2D eigenvalue weighted by Gasteiger charge is -2.26. The number of nitrogens with zero attached hydrogens (tertiary/aromatic N) is 3. The van der Waals surface area contributed by atoms with E-state index >= 15 is 0 Å². The number of hydrogen-bond acceptors (Lipinski definition) is 4. The van der Waals surface area contributed by atoms with Gasteiger partial charge in [0.05, 0.1) is 23.6 Å². The van der Waals surface area contributed by atoms with Crippen LogP contribution in [0, 0.1) is 13.8 Å². The average Bonchev–Trinajstić information content (AvgIpc) is 2.92. The molecule has 4 rings (SSSR count). The first-order valence-corrected chi connectivity index (χ1v) is 12.2. The molecule has 3 fully saturated rings. The van der Waals surface area contributed by atoms with E-state index in [9.17, 15) is 18.0 Å². The van der Waals surface area contributed by atoms with E-state index in [0.717, 1.165) is 36.8 Å². The Labute approximate surface area is 172 Å². The highest BCUT2D eigenvalue weighted by atomic mass is 32.2.